The Hall–Kier alpha value is -1.14. The molecule has 0 saturated carbocycles. The van der Waals surface area contributed by atoms with E-state index in [1.54, 1.807) is 23.1 Å². The number of nitrogens with zero attached hydrogens (tertiary/aromatic N) is 3. The van der Waals surface area contributed by atoms with E-state index in [9.17, 15) is 0 Å². The highest BCUT2D eigenvalue weighted by atomic mass is 32.2. The molecule has 2 aromatic heterocycles. The molecular weight excluding hydrogens is 264 g/mol. The van der Waals surface area contributed by atoms with Crippen molar-refractivity contribution in [2.24, 2.45) is 0 Å². The third kappa shape index (κ3) is 3.20. The van der Waals surface area contributed by atoms with Crippen molar-refractivity contribution >= 4 is 28.9 Å². The van der Waals surface area contributed by atoms with Gasteiger partial charge in [-0.15, -0.1) is 11.3 Å². The molecule has 0 aliphatic rings. The third-order valence-corrected chi connectivity index (χ3v) is 4.26. The van der Waals surface area contributed by atoms with Crippen LogP contribution in [0.25, 0.3) is 0 Å². The third-order valence-electron chi connectivity index (χ3n) is 2.28. The Balaban J connectivity index is 2.29. The van der Waals surface area contributed by atoms with Crippen molar-refractivity contribution in [1.29, 1.82) is 0 Å². The minimum Gasteiger partial charge on any atom is -0.373 e. The first-order chi connectivity index (χ1) is 8.58. The van der Waals surface area contributed by atoms with Gasteiger partial charge >= 0.3 is 0 Å². The van der Waals surface area contributed by atoms with Crippen molar-refractivity contribution in [3.05, 3.63) is 23.0 Å². The lowest BCUT2D eigenvalue weighted by Crippen LogP contribution is -2.02. The van der Waals surface area contributed by atoms with E-state index in [4.69, 9.17) is 0 Å². The Kier molecular flexibility index (Phi) is 4.19. The summed E-state index contributed by atoms with van der Waals surface area (Å²) >= 11 is 3.23. The smallest absolute Gasteiger partial charge is 0.156 e. The molecule has 2 rings (SSSR count). The number of hydrogen-bond acceptors (Lipinski definition) is 6. The predicted octanol–water partition coefficient (Wildman–Crippen LogP) is 3.56. The Bertz CT molecular complexity index is 537. The maximum absolute atomic E-state index is 4.56. The monoisotopic (exact) mass is 280 g/mol. The summed E-state index contributed by atoms with van der Waals surface area (Å²) in [4.78, 5) is 13.4. The summed E-state index contributed by atoms with van der Waals surface area (Å²) in [6.07, 6.45) is 0. The quantitative estimate of drug-likeness (QED) is 0.868. The zero-order chi connectivity index (χ0) is 13.1. The molecule has 0 unspecified atom stereocenters. The summed E-state index contributed by atoms with van der Waals surface area (Å²) in [6.45, 7) is 6.19. The van der Waals surface area contributed by atoms with Gasteiger partial charge in [0.05, 0.1) is 0 Å². The molecule has 0 aliphatic carbocycles. The SMILES string of the molecule is CNc1cc(Sc2nc(C)cs2)nc(C(C)C)n1. The summed E-state index contributed by atoms with van der Waals surface area (Å²) in [5, 5.41) is 6.06. The molecule has 2 heterocycles. The first-order valence-electron chi connectivity index (χ1n) is 5.75. The highest BCUT2D eigenvalue weighted by Crippen LogP contribution is 2.30. The molecule has 6 heteroatoms. The molecule has 18 heavy (non-hydrogen) atoms. The van der Waals surface area contributed by atoms with Gasteiger partial charge in [-0.3, -0.25) is 0 Å². The van der Waals surface area contributed by atoms with Gasteiger partial charge in [0.25, 0.3) is 0 Å². The average molecular weight is 280 g/mol. The van der Waals surface area contributed by atoms with E-state index in [1.807, 2.05) is 25.4 Å². The molecule has 4 nitrogen and oxygen atoms in total. The van der Waals surface area contributed by atoms with Crippen LogP contribution in [0.4, 0.5) is 5.82 Å². The molecule has 96 valence electrons. The second-order valence-corrected chi connectivity index (χ2v) is 6.34. The van der Waals surface area contributed by atoms with Gasteiger partial charge in [-0.1, -0.05) is 13.8 Å². The van der Waals surface area contributed by atoms with E-state index in [-0.39, 0.29) is 0 Å². The average Bonchev–Trinajstić information content (AvgIpc) is 2.74. The van der Waals surface area contributed by atoms with Gasteiger partial charge < -0.3 is 5.32 Å². The fraction of sp³-hybridized carbons (Fsp3) is 0.417. The molecule has 0 amide bonds. The zero-order valence-electron chi connectivity index (χ0n) is 10.9. The Labute approximate surface area is 115 Å². The van der Waals surface area contributed by atoms with E-state index in [0.717, 1.165) is 26.7 Å². The lowest BCUT2D eigenvalue weighted by molar-refractivity contribution is 0.755. The van der Waals surface area contributed by atoms with Crippen LogP contribution < -0.4 is 5.32 Å². The second kappa shape index (κ2) is 5.67. The van der Waals surface area contributed by atoms with Crippen molar-refractivity contribution in [3.8, 4) is 0 Å². The molecule has 0 spiro atoms. The topological polar surface area (TPSA) is 50.7 Å². The van der Waals surface area contributed by atoms with Gasteiger partial charge in [-0.25, -0.2) is 15.0 Å². The van der Waals surface area contributed by atoms with Crippen molar-refractivity contribution in [2.45, 2.75) is 36.1 Å². The van der Waals surface area contributed by atoms with Crippen LogP contribution in [0.5, 0.6) is 0 Å². The summed E-state index contributed by atoms with van der Waals surface area (Å²) in [6, 6.07) is 1.95. The first-order valence-corrected chi connectivity index (χ1v) is 7.45. The van der Waals surface area contributed by atoms with E-state index >= 15 is 0 Å². The zero-order valence-corrected chi connectivity index (χ0v) is 12.5. The van der Waals surface area contributed by atoms with Gasteiger partial charge in [-0.2, -0.15) is 0 Å². The fourth-order valence-corrected chi connectivity index (χ4v) is 3.14. The number of aromatic nitrogens is 3. The van der Waals surface area contributed by atoms with Crippen LogP contribution in [0.3, 0.4) is 0 Å². The number of aryl methyl sites for hydroxylation is 1. The lowest BCUT2D eigenvalue weighted by atomic mass is 10.2. The van der Waals surface area contributed by atoms with Crippen LogP contribution in [0.2, 0.25) is 0 Å². The molecule has 0 radical (unpaired) electrons. The summed E-state index contributed by atoms with van der Waals surface area (Å²) < 4.78 is 1.02. The van der Waals surface area contributed by atoms with E-state index in [1.165, 1.54) is 0 Å². The highest BCUT2D eigenvalue weighted by molar-refractivity contribution is 8.01. The lowest BCUT2D eigenvalue weighted by Gasteiger charge is -2.08. The van der Waals surface area contributed by atoms with Crippen molar-refractivity contribution in [2.75, 3.05) is 12.4 Å². The predicted molar refractivity (Wildman–Crippen MR) is 76.6 cm³/mol. The molecule has 0 atom stereocenters. The number of rotatable bonds is 4. The Morgan fingerprint density at radius 1 is 1.28 bits per heavy atom. The van der Waals surface area contributed by atoms with Crippen molar-refractivity contribution in [1.82, 2.24) is 15.0 Å². The fourth-order valence-electron chi connectivity index (χ4n) is 1.35. The maximum atomic E-state index is 4.56. The normalized spacial score (nSPS) is 10.9. The van der Waals surface area contributed by atoms with Gasteiger partial charge in [-0.05, 0) is 18.7 Å². The van der Waals surface area contributed by atoms with Gasteiger partial charge in [0.15, 0.2) is 4.34 Å². The minimum atomic E-state index is 0.315. The van der Waals surface area contributed by atoms with Gasteiger partial charge in [0.2, 0.25) is 0 Å². The molecule has 2 aromatic rings. The van der Waals surface area contributed by atoms with Gasteiger partial charge in [0, 0.05) is 30.1 Å². The number of hydrogen-bond donors (Lipinski definition) is 1. The summed E-state index contributed by atoms with van der Waals surface area (Å²) in [7, 11) is 1.87. The minimum absolute atomic E-state index is 0.315. The standard InChI is InChI=1S/C12H16N4S2/c1-7(2)11-15-9(13-4)5-10(16-11)18-12-14-8(3)6-17-12/h5-7H,1-4H3,(H,13,15,16). The largest absolute Gasteiger partial charge is 0.373 e. The second-order valence-electron chi connectivity index (χ2n) is 4.21. The Morgan fingerprint density at radius 3 is 2.61 bits per heavy atom. The van der Waals surface area contributed by atoms with Crippen LogP contribution in [-0.4, -0.2) is 22.0 Å². The highest BCUT2D eigenvalue weighted by Gasteiger charge is 2.10. The molecule has 0 aliphatic heterocycles. The Morgan fingerprint density at radius 2 is 2.06 bits per heavy atom. The number of nitrogens with one attached hydrogen (secondary N) is 1. The summed E-state index contributed by atoms with van der Waals surface area (Å²) in [5.74, 6) is 2.03. The van der Waals surface area contributed by atoms with Crippen molar-refractivity contribution < 1.29 is 0 Å². The number of thiazole rings is 1. The van der Waals surface area contributed by atoms with Gasteiger partial charge in [0.1, 0.15) is 16.7 Å². The van der Waals surface area contributed by atoms with Crippen LogP contribution in [0.1, 0.15) is 31.3 Å². The molecule has 0 fully saturated rings. The van der Waals surface area contributed by atoms with E-state index < -0.39 is 0 Å². The molecule has 1 N–H and O–H groups in total. The molecular formula is C12H16N4S2. The van der Waals surface area contributed by atoms with Crippen LogP contribution in [0, 0.1) is 6.92 Å². The van der Waals surface area contributed by atoms with E-state index in [0.29, 0.717) is 5.92 Å². The molecule has 0 saturated heterocycles. The maximum Gasteiger partial charge on any atom is 0.156 e. The van der Waals surface area contributed by atoms with E-state index in [2.05, 4.69) is 34.1 Å². The van der Waals surface area contributed by atoms with Crippen molar-refractivity contribution in [3.63, 3.8) is 0 Å². The molecule has 0 bridgehead atoms. The van der Waals surface area contributed by atoms with Crippen LogP contribution in [0.15, 0.2) is 20.8 Å². The van der Waals surface area contributed by atoms with Crippen LogP contribution >= 0.6 is 23.1 Å². The molecule has 0 aromatic carbocycles. The number of anilines is 1. The first kappa shape index (κ1) is 13.3. The van der Waals surface area contributed by atoms with Crippen LogP contribution in [-0.2, 0) is 0 Å². The summed E-state index contributed by atoms with van der Waals surface area (Å²) in [5.41, 5.74) is 1.05.